The third kappa shape index (κ3) is 3.41. The first-order chi connectivity index (χ1) is 13.0. The van der Waals surface area contributed by atoms with Gasteiger partial charge in [-0.1, -0.05) is 6.07 Å². The van der Waals surface area contributed by atoms with Gasteiger partial charge in [-0.3, -0.25) is 4.90 Å². The Labute approximate surface area is 156 Å². The van der Waals surface area contributed by atoms with E-state index in [4.69, 9.17) is 0 Å². The third-order valence-electron chi connectivity index (χ3n) is 4.30. The van der Waals surface area contributed by atoms with E-state index in [1.807, 2.05) is 0 Å². The molecular weight excluding hydrogens is 407 g/mol. The van der Waals surface area contributed by atoms with E-state index < -0.39 is 57.1 Å². The first-order valence-corrected chi connectivity index (χ1v) is 9.78. The summed E-state index contributed by atoms with van der Waals surface area (Å²) in [6.07, 6.45) is 0.993. The minimum atomic E-state index is -3.53. The van der Waals surface area contributed by atoms with E-state index in [1.165, 1.54) is 24.3 Å². The molecule has 1 saturated heterocycles. The van der Waals surface area contributed by atoms with Crippen LogP contribution in [0.2, 0.25) is 0 Å². The van der Waals surface area contributed by atoms with E-state index in [9.17, 15) is 35.2 Å². The standard InChI is InChI=1S/C17H13F5N2O3S/c1-28(26,27)10-4-2-3-9(7-10)24-6-5-23(17(24)25)8-11-12(18)14(20)16(22)15(21)13(11)19/h2-4,7H,5-6,8H2,1H3. The van der Waals surface area contributed by atoms with E-state index in [-0.39, 0.29) is 23.7 Å². The van der Waals surface area contributed by atoms with E-state index in [1.54, 1.807) is 0 Å². The molecule has 0 radical (unpaired) electrons. The highest BCUT2D eigenvalue weighted by molar-refractivity contribution is 7.90. The van der Waals surface area contributed by atoms with Gasteiger partial charge in [0.2, 0.25) is 5.82 Å². The molecular formula is C17H13F5N2O3S. The van der Waals surface area contributed by atoms with Crippen molar-refractivity contribution in [2.75, 3.05) is 24.2 Å². The molecule has 0 bridgehead atoms. The average Bonchev–Trinajstić information content (AvgIpc) is 3.02. The SMILES string of the molecule is CS(=O)(=O)c1cccc(N2CCN(Cc3c(F)c(F)c(F)c(F)c3F)C2=O)c1. The van der Waals surface area contributed by atoms with E-state index in [2.05, 4.69) is 0 Å². The summed E-state index contributed by atoms with van der Waals surface area (Å²) in [6.45, 7) is -0.838. The molecule has 0 unspecified atom stereocenters. The van der Waals surface area contributed by atoms with E-state index >= 15 is 0 Å². The van der Waals surface area contributed by atoms with Crippen LogP contribution in [0.15, 0.2) is 29.2 Å². The first kappa shape index (κ1) is 20.1. The van der Waals surface area contributed by atoms with Crippen LogP contribution >= 0.6 is 0 Å². The average molecular weight is 420 g/mol. The number of urea groups is 1. The van der Waals surface area contributed by atoms with Gasteiger partial charge < -0.3 is 4.90 Å². The molecule has 1 fully saturated rings. The summed E-state index contributed by atoms with van der Waals surface area (Å²) in [5.41, 5.74) is -0.885. The molecule has 1 aliphatic heterocycles. The minimum Gasteiger partial charge on any atom is -0.318 e. The molecule has 1 heterocycles. The fraction of sp³-hybridized carbons (Fsp3) is 0.235. The molecule has 5 nitrogen and oxygen atoms in total. The van der Waals surface area contributed by atoms with Crippen LogP contribution in [-0.4, -0.2) is 38.7 Å². The lowest BCUT2D eigenvalue weighted by Crippen LogP contribution is -2.32. The number of carbonyl (C=O) groups is 1. The van der Waals surface area contributed by atoms with Crippen molar-refractivity contribution in [2.24, 2.45) is 0 Å². The molecule has 11 heteroatoms. The lowest BCUT2D eigenvalue weighted by molar-refractivity contribution is 0.216. The van der Waals surface area contributed by atoms with Gasteiger partial charge in [0.15, 0.2) is 33.1 Å². The number of nitrogens with zero attached hydrogens (tertiary/aromatic N) is 2. The molecule has 2 aromatic rings. The lowest BCUT2D eigenvalue weighted by atomic mass is 10.1. The third-order valence-corrected chi connectivity index (χ3v) is 5.41. The smallest absolute Gasteiger partial charge is 0.318 e. The zero-order valence-electron chi connectivity index (χ0n) is 14.3. The second-order valence-electron chi connectivity index (χ2n) is 6.17. The maximum Gasteiger partial charge on any atom is 0.324 e. The van der Waals surface area contributed by atoms with Gasteiger partial charge in [0.25, 0.3) is 0 Å². The number of hydrogen-bond acceptors (Lipinski definition) is 3. The Kier molecular flexibility index (Phi) is 5.04. The van der Waals surface area contributed by atoms with E-state index in [0.717, 1.165) is 16.1 Å². The first-order valence-electron chi connectivity index (χ1n) is 7.89. The Morgan fingerprint density at radius 2 is 1.50 bits per heavy atom. The summed E-state index contributed by atoms with van der Waals surface area (Å²) in [4.78, 5) is 14.6. The quantitative estimate of drug-likeness (QED) is 0.434. The van der Waals surface area contributed by atoms with Crippen LogP contribution in [0.5, 0.6) is 0 Å². The van der Waals surface area contributed by atoms with Crippen molar-refractivity contribution in [3.05, 3.63) is 58.9 Å². The molecule has 0 atom stereocenters. The number of benzene rings is 2. The molecule has 0 N–H and O–H groups in total. The molecule has 0 saturated carbocycles. The van der Waals surface area contributed by atoms with Gasteiger partial charge in [0.1, 0.15) is 0 Å². The van der Waals surface area contributed by atoms with Gasteiger partial charge in [-0.25, -0.2) is 35.2 Å². The fourth-order valence-electron chi connectivity index (χ4n) is 2.83. The molecule has 0 aromatic heterocycles. The summed E-state index contributed by atoms with van der Waals surface area (Å²) in [5, 5.41) is 0. The van der Waals surface area contributed by atoms with Crippen molar-refractivity contribution in [1.82, 2.24) is 4.90 Å². The predicted octanol–water partition coefficient (Wildman–Crippen LogP) is 3.23. The Morgan fingerprint density at radius 1 is 0.929 bits per heavy atom. The largest absolute Gasteiger partial charge is 0.324 e. The summed E-state index contributed by atoms with van der Waals surface area (Å²) in [5.74, 6) is -10.4. The summed E-state index contributed by atoms with van der Waals surface area (Å²) < 4.78 is 90.8. The number of rotatable bonds is 4. The van der Waals surface area contributed by atoms with Crippen LogP contribution < -0.4 is 4.90 Å². The van der Waals surface area contributed by atoms with E-state index in [0.29, 0.717) is 0 Å². The number of amides is 2. The number of anilines is 1. The van der Waals surface area contributed by atoms with Crippen molar-refractivity contribution < 1.29 is 35.2 Å². The lowest BCUT2D eigenvalue weighted by Gasteiger charge is -2.20. The Morgan fingerprint density at radius 3 is 2.07 bits per heavy atom. The molecule has 0 aliphatic carbocycles. The zero-order chi connectivity index (χ0) is 20.8. The number of halogens is 5. The van der Waals surface area contributed by atoms with Crippen LogP contribution in [0.25, 0.3) is 0 Å². The Bertz CT molecular complexity index is 1050. The number of sulfone groups is 1. The van der Waals surface area contributed by atoms with Crippen molar-refractivity contribution >= 4 is 21.6 Å². The minimum absolute atomic E-state index is 0.0315. The maximum absolute atomic E-state index is 13.8. The summed E-state index contributed by atoms with van der Waals surface area (Å²) >= 11 is 0. The maximum atomic E-state index is 13.8. The molecule has 28 heavy (non-hydrogen) atoms. The fourth-order valence-corrected chi connectivity index (χ4v) is 3.49. The number of carbonyl (C=O) groups excluding carboxylic acids is 1. The second-order valence-corrected chi connectivity index (χ2v) is 8.19. The van der Waals surface area contributed by atoms with Crippen LogP contribution in [0.4, 0.5) is 32.4 Å². The van der Waals surface area contributed by atoms with Gasteiger partial charge in [0.05, 0.1) is 11.4 Å². The van der Waals surface area contributed by atoms with Gasteiger partial charge >= 0.3 is 6.03 Å². The summed E-state index contributed by atoms with van der Waals surface area (Å²) in [7, 11) is -3.53. The molecule has 2 amide bonds. The predicted molar refractivity (Wildman–Crippen MR) is 88.9 cm³/mol. The van der Waals surface area contributed by atoms with Crippen molar-refractivity contribution in [1.29, 1.82) is 0 Å². The Hall–Kier alpha value is -2.69. The molecule has 150 valence electrons. The van der Waals surface area contributed by atoms with Crippen LogP contribution in [0.3, 0.4) is 0 Å². The molecule has 1 aliphatic rings. The second kappa shape index (κ2) is 7.04. The van der Waals surface area contributed by atoms with Crippen LogP contribution in [0, 0.1) is 29.1 Å². The molecule has 0 spiro atoms. The summed E-state index contributed by atoms with van der Waals surface area (Å²) in [6, 6.07) is 4.73. The van der Waals surface area contributed by atoms with Crippen LogP contribution in [0.1, 0.15) is 5.56 Å². The topological polar surface area (TPSA) is 57.7 Å². The number of hydrogen-bond donors (Lipinski definition) is 0. The van der Waals surface area contributed by atoms with Crippen molar-refractivity contribution in [3.63, 3.8) is 0 Å². The highest BCUT2D eigenvalue weighted by atomic mass is 32.2. The molecule has 3 rings (SSSR count). The van der Waals surface area contributed by atoms with Crippen molar-refractivity contribution in [2.45, 2.75) is 11.4 Å². The monoisotopic (exact) mass is 420 g/mol. The molecule has 2 aromatic carbocycles. The van der Waals surface area contributed by atoms with Crippen LogP contribution in [-0.2, 0) is 16.4 Å². The van der Waals surface area contributed by atoms with Gasteiger partial charge in [-0.2, -0.15) is 0 Å². The highest BCUT2D eigenvalue weighted by Crippen LogP contribution is 2.28. The van der Waals surface area contributed by atoms with Gasteiger partial charge in [0, 0.05) is 30.6 Å². The van der Waals surface area contributed by atoms with Gasteiger partial charge in [-0.05, 0) is 18.2 Å². The Balaban J connectivity index is 1.89. The van der Waals surface area contributed by atoms with Gasteiger partial charge in [-0.15, -0.1) is 0 Å². The normalized spacial score (nSPS) is 14.9. The highest BCUT2D eigenvalue weighted by Gasteiger charge is 2.33. The zero-order valence-corrected chi connectivity index (χ0v) is 15.2. The van der Waals surface area contributed by atoms with Crippen molar-refractivity contribution in [3.8, 4) is 0 Å².